The Morgan fingerprint density at radius 3 is 2.40 bits per heavy atom. The number of nitrogens with one attached hydrogen (secondary N) is 2. The van der Waals surface area contributed by atoms with Crippen LogP contribution in [0.2, 0.25) is 0 Å². The zero-order valence-electron chi connectivity index (χ0n) is 13.4. The fourth-order valence-corrected chi connectivity index (χ4v) is 3.85. The van der Waals surface area contributed by atoms with E-state index in [4.69, 9.17) is 0 Å². The van der Waals surface area contributed by atoms with Gasteiger partial charge in [0, 0.05) is 12.1 Å². The van der Waals surface area contributed by atoms with Crippen molar-refractivity contribution in [3.05, 3.63) is 0 Å². The van der Waals surface area contributed by atoms with Crippen molar-refractivity contribution in [2.75, 3.05) is 13.1 Å². The molecule has 0 bridgehead atoms. The molecular formula is C16H31N3O. The maximum absolute atomic E-state index is 12.9. The summed E-state index contributed by atoms with van der Waals surface area (Å²) in [7, 11) is 0. The summed E-state index contributed by atoms with van der Waals surface area (Å²) < 4.78 is 0. The van der Waals surface area contributed by atoms with E-state index >= 15 is 0 Å². The van der Waals surface area contributed by atoms with Gasteiger partial charge in [-0.25, -0.2) is 5.01 Å². The second-order valence-electron chi connectivity index (χ2n) is 6.76. The molecule has 0 aromatic rings. The normalized spacial score (nSPS) is 30.9. The van der Waals surface area contributed by atoms with Crippen LogP contribution in [-0.2, 0) is 4.79 Å². The second kappa shape index (κ2) is 6.90. The minimum Gasteiger partial charge on any atom is -0.317 e. The average molecular weight is 281 g/mol. The fourth-order valence-electron chi connectivity index (χ4n) is 3.85. The summed E-state index contributed by atoms with van der Waals surface area (Å²) in [4.78, 5) is 12.9. The standard InChI is InChI=1S/C16H31N3O/c1-4-8-16(9-11-17-12-10-16)15(20)18-19-13(2)6-5-7-14(19)3/h13-14,17H,4-12H2,1-3H3,(H,18,20). The van der Waals surface area contributed by atoms with E-state index in [1.54, 1.807) is 0 Å². The van der Waals surface area contributed by atoms with Gasteiger partial charge in [-0.05, 0) is 59.0 Å². The third-order valence-corrected chi connectivity index (χ3v) is 5.20. The Morgan fingerprint density at radius 2 is 1.85 bits per heavy atom. The first-order valence-corrected chi connectivity index (χ1v) is 8.39. The smallest absolute Gasteiger partial charge is 0.240 e. The van der Waals surface area contributed by atoms with E-state index in [0.29, 0.717) is 12.1 Å². The molecule has 0 spiro atoms. The second-order valence-corrected chi connectivity index (χ2v) is 6.76. The fraction of sp³-hybridized carbons (Fsp3) is 0.938. The topological polar surface area (TPSA) is 44.4 Å². The first-order chi connectivity index (χ1) is 9.59. The van der Waals surface area contributed by atoms with E-state index in [2.05, 4.69) is 36.5 Å². The van der Waals surface area contributed by atoms with Gasteiger partial charge in [-0.3, -0.25) is 10.2 Å². The summed E-state index contributed by atoms with van der Waals surface area (Å²) in [6.45, 7) is 8.58. The van der Waals surface area contributed by atoms with E-state index in [1.807, 2.05) is 0 Å². The number of carbonyl (C=O) groups excluding carboxylic acids is 1. The highest BCUT2D eigenvalue weighted by Gasteiger charge is 2.40. The number of amides is 1. The number of piperidine rings is 2. The molecule has 0 aliphatic carbocycles. The van der Waals surface area contributed by atoms with Crippen LogP contribution in [0.15, 0.2) is 0 Å². The van der Waals surface area contributed by atoms with Gasteiger partial charge in [0.15, 0.2) is 0 Å². The number of hydrazine groups is 1. The predicted molar refractivity (Wildman–Crippen MR) is 82.2 cm³/mol. The molecule has 2 atom stereocenters. The van der Waals surface area contributed by atoms with Crippen LogP contribution in [0.1, 0.15) is 65.7 Å². The van der Waals surface area contributed by atoms with Crippen molar-refractivity contribution in [2.45, 2.75) is 77.8 Å². The lowest BCUT2D eigenvalue weighted by molar-refractivity contribution is -0.142. The van der Waals surface area contributed by atoms with E-state index in [0.717, 1.165) is 38.8 Å². The number of hydrogen-bond acceptors (Lipinski definition) is 3. The van der Waals surface area contributed by atoms with Crippen molar-refractivity contribution in [2.24, 2.45) is 5.41 Å². The molecule has 116 valence electrons. The van der Waals surface area contributed by atoms with E-state index in [-0.39, 0.29) is 11.3 Å². The molecule has 2 unspecified atom stereocenters. The average Bonchev–Trinajstić information content (AvgIpc) is 2.44. The quantitative estimate of drug-likeness (QED) is 0.832. The highest BCUT2D eigenvalue weighted by molar-refractivity contribution is 5.82. The van der Waals surface area contributed by atoms with Gasteiger partial charge in [-0.2, -0.15) is 0 Å². The first kappa shape index (κ1) is 15.8. The van der Waals surface area contributed by atoms with Crippen LogP contribution in [-0.4, -0.2) is 36.1 Å². The van der Waals surface area contributed by atoms with Gasteiger partial charge in [0.2, 0.25) is 5.91 Å². The molecule has 2 rings (SSSR count). The molecule has 2 saturated heterocycles. The maximum atomic E-state index is 12.9. The molecule has 4 heteroatoms. The lowest BCUT2D eigenvalue weighted by atomic mass is 9.74. The highest BCUT2D eigenvalue weighted by Crippen LogP contribution is 2.35. The minimum absolute atomic E-state index is 0.142. The Labute approximate surface area is 123 Å². The molecular weight excluding hydrogens is 250 g/mol. The first-order valence-electron chi connectivity index (χ1n) is 8.39. The third kappa shape index (κ3) is 3.34. The minimum atomic E-state index is -0.142. The Kier molecular flexibility index (Phi) is 5.44. The van der Waals surface area contributed by atoms with Gasteiger partial charge in [-0.15, -0.1) is 0 Å². The van der Waals surface area contributed by atoms with Crippen molar-refractivity contribution >= 4 is 5.91 Å². The zero-order chi connectivity index (χ0) is 14.6. The monoisotopic (exact) mass is 281 g/mol. The van der Waals surface area contributed by atoms with E-state index in [9.17, 15) is 4.79 Å². The Morgan fingerprint density at radius 1 is 1.25 bits per heavy atom. The number of rotatable bonds is 4. The van der Waals surface area contributed by atoms with Crippen molar-refractivity contribution in [3.63, 3.8) is 0 Å². The summed E-state index contributed by atoms with van der Waals surface area (Å²) >= 11 is 0. The van der Waals surface area contributed by atoms with Gasteiger partial charge in [0.25, 0.3) is 0 Å². The summed E-state index contributed by atoms with van der Waals surface area (Å²) in [5.41, 5.74) is 3.14. The van der Waals surface area contributed by atoms with Gasteiger partial charge in [-0.1, -0.05) is 19.8 Å². The molecule has 2 aliphatic rings. The maximum Gasteiger partial charge on any atom is 0.240 e. The van der Waals surface area contributed by atoms with E-state index < -0.39 is 0 Å². The van der Waals surface area contributed by atoms with Gasteiger partial charge >= 0.3 is 0 Å². The molecule has 0 saturated carbocycles. The summed E-state index contributed by atoms with van der Waals surface area (Å²) in [6.07, 6.45) is 7.70. The number of hydrogen-bond donors (Lipinski definition) is 2. The van der Waals surface area contributed by atoms with Crippen LogP contribution in [0.5, 0.6) is 0 Å². The van der Waals surface area contributed by atoms with E-state index in [1.165, 1.54) is 19.3 Å². The molecule has 4 nitrogen and oxygen atoms in total. The lowest BCUT2D eigenvalue weighted by Crippen LogP contribution is -2.58. The van der Waals surface area contributed by atoms with Crippen molar-refractivity contribution < 1.29 is 4.79 Å². The number of carbonyl (C=O) groups is 1. The largest absolute Gasteiger partial charge is 0.317 e. The Hall–Kier alpha value is -0.610. The van der Waals surface area contributed by atoms with Crippen LogP contribution in [0.25, 0.3) is 0 Å². The van der Waals surface area contributed by atoms with Crippen LogP contribution in [0.3, 0.4) is 0 Å². The predicted octanol–water partition coefficient (Wildman–Crippen LogP) is 2.45. The van der Waals surface area contributed by atoms with Gasteiger partial charge in [0.05, 0.1) is 5.41 Å². The molecule has 0 radical (unpaired) electrons. The van der Waals surface area contributed by atoms with Crippen molar-refractivity contribution in [1.82, 2.24) is 15.8 Å². The van der Waals surface area contributed by atoms with Gasteiger partial charge < -0.3 is 5.32 Å². The molecule has 20 heavy (non-hydrogen) atoms. The van der Waals surface area contributed by atoms with Crippen molar-refractivity contribution in [1.29, 1.82) is 0 Å². The van der Waals surface area contributed by atoms with Crippen molar-refractivity contribution in [3.8, 4) is 0 Å². The number of nitrogens with zero attached hydrogens (tertiary/aromatic N) is 1. The van der Waals surface area contributed by atoms with Crippen LogP contribution < -0.4 is 10.7 Å². The van der Waals surface area contributed by atoms with Crippen LogP contribution in [0, 0.1) is 5.41 Å². The summed E-state index contributed by atoms with van der Waals surface area (Å²) in [5.74, 6) is 0.265. The summed E-state index contributed by atoms with van der Waals surface area (Å²) in [6, 6.07) is 0.922. The van der Waals surface area contributed by atoms with Gasteiger partial charge in [0.1, 0.15) is 0 Å². The molecule has 2 fully saturated rings. The summed E-state index contributed by atoms with van der Waals surface area (Å²) in [5, 5.41) is 5.59. The Balaban J connectivity index is 2.03. The molecule has 2 N–H and O–H groups in total. The lowest BCUT2D eigenvalue weighted by Gasteiger charge is -2.43. The van der Waals surface area contributed by atoms with Crippen LogP contribution in [0.4, 0.5) is 0 Å². The molecule has 0 aromatic heterocycles. The van der Waals surface area contributed by atoms with Crippen LogP contribution >= 0.6 is 0 Å². The molecule has 1 amide bonds. The molecule has 2 heterocycles. The Bertz CT molecular complexity index is 310. The highest BCUT2D eigenvalue weighted by atomic mass is 16.2. The molecule has 2 aliphatic heterocycles. The SMILES string of the molecule is CCCC1(C(=O)NN2C(C)CCCC2C)CCNCC1. The zero-order valence-corrected chi connectivity index (χ0v) is 13.4. The molecule has 0 aromatic carbocycles. The third-order valence-electron chi connectivity index (χ3n) is 5.20.